The molecule has 2 heterocycles. The molecular weight excluding hydrogens is 421 g/mol. The average molecular weight is 454 g/mol. The highest BCUT2D eigenvalue weighted by atomic mass is 19.1. The minimum absolute atomic E-state index is 0.0981. The number of hydrogen-bond acceptors (Lipinski definition) is 5. The number of aliphatic hydroxyl groups is 1. The molecule has 1 saturated heterocycles. The Balaban J connectivity index is 1.26. The van der Waals surface area contributed by atoms with Crippen LogP contribution >= 0.6 is 0 Å². The van der Waals surface area contributed by atoms with Crippen LogP contribution in [0, 0.1) is 12.7 Å². The number of rotatable bonds is 9. The summed E-state index contributed by atoms with van der Waals surface area (Å²) in [6, 6.07) is 14.5. The lowest BCUT2D eigenvalue weighted by atomic mass is 9.96. The predicted octanol–water partition coefficient (Wildman–Crippen LogP) is 4.21. The number of para-hydroxylation sites is 1. The molecular formula is C26H32FN3O3. The molecule has 0 radical (unpaired) electrons. The second-order valence-corrected chi connectivity index (χ2v) is 8.85. The van der Waals surface area contributed by atoms with Crippen LogP contribution in [0.1, 0.15) is 30.4 Å². The van der Waals surface area contributed by atoms with Gasteiger partial charge in [0.25, 0.3) is 0 Å². The van der Waals surface area contributed by atoms with Gasteiger partial charge in [-0.3, -0.25) is 9.58 Å². The fraction of sp³-hybridized carbons (Fsp3) is 0.423. The van der Waals surface area contributed by atoms with Crippen molar-refractivity contribution in [2.24, 2.45) is 0 Å². The summed E-state index contributed by atoms with van der Waals surface area (Å²) in [6.45, 7) is 5.82. The first kappa shape index (κ1) is 23.3. The first-order valence-electron chi connectivity index (χ1n) is 11.5. The van der Waals surface area contributed by atoms with E-state index in [0.717, 1.165) is 37.4 Å². The third kappa shape index (κ3) is 6.79. The highest BCUT2D eigenvalue weighted by Gasteiger charge is 2.31. The molecule has 4 rings (SSSR count). The van der Waals surface area contributed by atoms with Gasteiger partial charge in [0.2, 0.25) is 0 Å². The largest absolute Gasteiger partial charge is 0.492 e. The Morgan fingerprint density at radius 3 is 2.79 bits per heavy atom. The van der Waals surface area contributed by atoms with E-state index in [1.807, 2.05) is 36.1 Å². The second kappa shape index (κ2) is 10.8. The summed E-state index contributed by atoms with van der Waals surface area (Å²) in [4.78, 5) is 2.34. The molecule has 1 atom stereocenters. The number of halogens is 1. The van der Waals surface area contributed by atoms with E-state index in [-0.39, 0.29) is 12.4 Å². The molecule has 1 aliphatic rings. The van der Waals surface area contributed by atoms with Crippen molar-refractivity contribution in [3.05, 3.63) is 77.9 Å². The van der Waals surface area contributed by atoms with Crippen LogP contribution in [-0.2, 0) is 13.1 Å². The molecule has 1 aliphatic heterocycles. The van der Waals surface area contributed by atoms with Gasteiger partial charge in [-0.1, -0.05) is 24.3 Å². The lowest BCUT2D eigenvalue weighted by Gasteiger charge is -2.27. The molecule has 3 aromatic rings. The third-order valence-electron chi connectivity index (χ3n) is 6.00. The molecule has 0 saturated carbocycles. The normalized spacial score (nSPS) is 19.2. The number of aryl methyl sites for hydroxylation is 1. The minimum Gasteiger partial charge on any atom is -0.492 e. The van der Waals surface area contributed by atoms with Crippen LogP contribution in [0.4, 0.5) is 4.39 Å². The predicted molar refractivity (Wildman–Crippen MR) is 125 cm³/mol. The van der Waals surface area contributed by atoms with Crippen LogP contribution in [0.5, 0.6) is 11.5 Å². The quantitative estimate of drug-likeness (QED) is 0.526. The number of hydrogen-bond donors (Lipinski definition) is 1. The van der Waals surface area contributed by atoms with Crippen LogP contribution in [0.25, 0.3) is 0 Å². The maximum atomic E-state index is 13.8. The van der Waals surface area contributed by atoms with Gasteiger partial charge >= 0.3 is 0 Å². The average Bonchev–Trinajstić information content (AvgIpc) is 3.13. The van der Waals surface area contributed by atoms with Crippen LogP contribution in [0.15, 0.2) is 60.9 Å². The molecule has 0 unspecified atom stereocenters. The zero-order valence-electron chi connectivity index (χ0n) is 19.1. The molecule has 0 spiro atoms. The van der Waals surface area contributed by atoms with Gasteiger partial charge in [-0.25, -0.2) is 4.39 Å². The van der Waals surface area contributed by atoms with Gasteiger partial charge in [0.1, 0.15) is 19.0 Å². The Hall–Kier alpha value is -2.90. The molecule has 1 aromatic heterocycles. The van der Waals surface area contributed by atoms with Gasteiger partial charge in [-0.2, -0.15) is 5.10 Å². The van der Waals surface area contributed by atoms with Gasteiger partial charge in [0, 0.05) is 19.3 Å². The summed E-state index contributed by atoms with van der Waals surface area (Å²) in [7, 11) is 0. The van der Waals surface area contributed by atoms with E-state index in [1.165, 1.54) is 11.6 Å². The van der Waals surface area contributed by atoms with Crippen molar-refractivity contribution >= 4 is 0 Å². The molecule has 1 N–H and O–H groups in total. The lowest BCUT2D eigenvalue weighted by molar-refractivity contribution is -0.0177. The highest BCUT2D eigenvalue weighted by Crippen LogP contribution is 2.26. The minimum atomic E-state index is -0.952. The maximum Gasteiger partial charge on any atom is 0.165 e. The topological polar surface area (TPSA) is 59.8 Å². The molecule has 0 bridgehead atoms. The Labute approximate surface area is 194 Å². The summed E-state index contributed by atoms with van der Waals surface area (Å²) in [5.41, 5.74) is 1.36. The maximum absolute atomic E-state index is 13.8. The van der Waals surface area contributed by atoms with E-state index in [9.17, 15) is 9.50 Å². The van der Waals surface area contributed by atoms with Crippen molar-refractivity contribution in [2.45, 2.75) is 44.9 Å². The second-order valence-electron chi connectivity index (χ2n) is 8.85. The Morgan fingerprint density at radius 2 is 1.97 bits per heavy atom. The number of likely N-dealkylation sites (tertiary alicyclic amines) is 1. The third-order valence-corrected chi connectivity index (χ3v) is 6.00. The van der Waals surface area contributed by atoms with Crippen LogP contribution in [-0.4, -0.2) is 51.7 Å². The standard InChI is InChI=1S/C26H32FN3O3/c1-21-17-28-30(18-21)14-15-32-23-7-4-6-22(16-23)19-29-12-5-10-26(31,11-13-29)20-33-25-9-3-2-8-24(25)27/h2-4,6-9,16-18,31H,5,10-15,19-20H2,1H3/t26-/m0/s1. The summed E-state index contributed by atoms with van der Waals surface area (Å²) in [6.07, 6.45) is 5.92. The summed E-state index contributed by atoms with van der Waals surface area (Å²) in [5.74, 6) is 0.630. The van der Waals surface area contributed by atoms with Crippen molar-refractivity contribution in [3.63, 3.8) is 0 Å². The Kier molecular flexibility index (Phi) is 7.62. The van der Waals surface area contributed by atoms with Crippen molar-refractivity contribution in [1.82, 2.24) is 14.7 Å². The van der Waals surface area contributed by atoms with Crippen molar-refractivity contribution < 1.29 is 19.0 Å². The number of benzene rings is 2. The van der Waals surface area contributed by atoms with Crippen LogP contribution < -0.4 is 9.47 Å². The van der Waals surface area contributed by atoms with Gasteiger partial charge in [-0.05, 0) is 68.1 Å². The zero-order chi connectivity index (χ0) is 23.1. The Morgan fingerprint density at radius 1 is 1.09 bits per heavy atom. The van der Waals surface area contributed by atoms with Gasteiger partial charge in [0.05, 0.1) is 18.3 Å². The van der Waals surface area contributed by atoms with Gasteiger partial charge in [0.15, 0.2) is 11.6 Å². The molecule has 33 heavy (non-hydrogen) atoms. The molecule has 2 aromatic carbocycles. The molecule has 7 heteroatoms. The number of nitrogens with zero attached hydrogens (tertiary/aromatic N) is 3. The molecule has 6 nitrogen and oxygen atoms in total. The van der Waals surface area contributed by atoms with E-state index in [0.29, 0.717) is 26.0 Å². The van der Waals surface area contributed by atoms with Crippen LogP contribution in [0.2, 0.25) is 0 Å². The van der Waals surface area contributed by atoms with Gasteiger partial charge < -0.3 is 14.6 Å². The number of ether oxygens (including phenoxy) is 2. The van der Waals surface area contributed by atoms with E-state index >= 15 is 0 Å². The van der Waals surface area contributed by atoms with E-state index in [2.05, 4.69) is 22.1 Å². The van der Waals surface area contributed by atoms with E-state index in [4.69, 9.17) is 9.47 Å². The first-order valence-corrected chi connectivity index (χ1v) is 11.5. The number of aromatic nitrogens is 2. The molecule has 0 aliphatic carbocycles. The lowest BCUT2D eigenvalue weighted by Crippen LogP contribution is -2.37. The highest BCUT2D eigenvalue weighted by molar-refractivity contribution is 5.28. The summed E-state index contributed by atoms with van der Waals surface area (Å²) < 4.78 is 27.2. The zero-order valence-corrected chi connectivity index (χ0v) is 19.1. The van der Waals surface area contributed by atoms with Crippen LogP contribution in [0.3, 0.4) is 0 Å². The molecule has 176 valence electrons. The SMILES string of the molecule is Cc1cnn(CCOc2cccc(CN3CCC[C@@](O)(COc4ccccc4F)CC3)c2)c1. The summed E-state index contributed by atoms with van der Waals surface area (Å²) >= 11 is 0. The Bertz CT molecular complexity index is 1040. The fourth-order valence-electron chi connectivity index (χ4n) is 4.15. The molecule has 0 amide bonds. The van der Waals surface area contributed by atoms with E-state index in [1.54, 1.807) is 18.2 Å². The van der Waals surface area contributed by atoms with Crippen molar-refractivity contribution in [2.75, 3.05) is 26.3 Å². The first-order chi connectivity index (χ1) is 16.0. The van der Waals surface area contributed by atoms with Gasteiger partial charge in [-0.15, -0.1) is 0 Å². The van der Waals surface area contributed by atoms with Crippen molar-refractivity contribution in [1.29, 1.82) is 0 Å². The molecule has 1 fully saturated rings. The smallest absolute Gasteiger partial charge is 0.165 e. The van der Waals surface area contributed by atoms with E-state index < -0.39 is 11.4 Å². The summed E-state index contributed by atoms with van der Waals surface area (Å²) in [5, 5.41) is 15.3. The fourth-order valence-corrected chi connectivity index (χ4v) is 4.15. The van der Waals surface area contributed by atoms with Crippen molar-refractivity contribution in [3.8, 4) is 11.5 Å². The monoisotopic (exact) mass is 453 g/mol.